The van der Waals surface area contributed by atoms with Crippen molar-refractivity contribution in [3.05, 3.63) is 33.8 Å². The van der Waals surface area contributed by atoms with Crippen LogP contribution in [0, 0.1) is 5.92 Å². The molecule has 1 saturated carbocycles. The third-order valence-corrected chi connectivity index (χ3v) is 4.54. The van der Waals surface area contributed by atoms with Crippen molar-refractivity contribution in [2.24, 2.45) is 5.92 Å². The molecule has 0 heterocycles. The van der Waals surface area contributed by atoms with Crippen LogP contribution in [0.5, 0.6) is 0 Å². The molecule has 0 aliphatic heterocycles. The molecule has 3 unspecified atom stereocenters. The first-order valence-corrected chi connectivity index (χ1v) is 7.57. The SMILES string of the molecule is COCC(O)CN(C)C(=O)C1CC1c1cccc(Cl)c1Cl. The van der Waals surface area contributed by atoms with Gasteiger partial charge in [-0.05, 0) is 24.0 Å². The number of benzene rings is 1. The Hall–Kier alpha value is -0.810. The summed E-state index contributed by atoms with van der Waals surface area (Å²) in [5.41, 5.74) is 0.924. The number of amides is 1. The van der Waals surface area contributed by atoms with Gasteiger partial charge in [-0.15, -0.1) is 0 Å². The van der Waals surface area contributed by atoms with E-state index in [1.54, 1.807) is 18.0 Å². The largest absolute Gasteiger partial charge is 0.389 e. The molecule has 1 aliphatic carbocycles. The van der Waals surface area contributed by atoms with Crippen LogP contribution in [0.1, 0.15) is 17.9 Å². The molecule has 6 heteroatoms. The number of aliphatic hydroxyl groups excluding tert-OH is 1. The topological polar surface area (TPSA) is 49.8 Å². The van der Waals surface area contributed by atoms with Gasteiger partial charge in [-0.1, -0.05) is 35.3 Å². The lowest BCUT2D eigenvalue weighted by molar-refractivity contribution is -0.133. The summed E-state index contributed by atoms with van der Waals surface area (Å²) in [7, 11) is 3.21. The summed E-state index contributed by atoms with van der Waals surface area (Å²) in [6.07, 6.45) is 0.0970. The van der Waals surface area contributed by atoms with Gasteiger partial charge in [0, 0.05) is 26.6 Å². The van der Waals surface area contributed by atoms with Crippen LogP contribution in [0.2, 0.25) is 10.0 Å². The van der Waals surface area contributed by atoms with Gasteiger partial charge in [0.05, 0.1) is 22.8 Å². The Morgan fingerprint density at radius 2 is 2.24 bits per heavy atom. The molecule has 0 radical (unpaired) electrons. The molecule has 0 bridgehead atoms. The highest BCUT2D eigenvalue weighted by molar-refractivity contribution is 6.42. The fourth-order valence-electron chi connectivity index (χ4n) is 2.55. The van der Waals surface area contributed by atoms with Gasteiger partial charge in [-0.25, -0.2) is 0 Å². The van der Waals surface area contributed by atoms with Crippen molar-refractivity contribution in [3.63, 3.8) is 0 Å². The van der Waals surface area contributed by atoms with E-state index in [1.807, 2.05) is 12.1 Å². The first kappa shape index (κ1) is 16.6. The molecule has 2 rings (SSSR count). The Kier molecular flexibility index (Phi) is 5.49. The lowest BCUT2D eigenvalue weighted by Gasteiger charge is -2.20. The summed E-state index contributed by atoms with van der Waals surface area (Å²) in [4.78, 5) is 13.9. The van der Waals surface area contributed by atoms with Gasteiger partial charge >= 0.3 is 0 Å². The first-order chi connectivity index (χ1) is 9.95. The van der Waals surface area contributed by atoms with E-state index in [4.69, 9.17) is 27.9 Å². The maximum Gasteiger partial charge on any atom is 0.226 e. The van der Waals surface area contributed by atoms with Crippen LogP contribution in [-0.2, 0) is 9.53 Å². The van der Waals surface area contributed by atoms with Gasteiger partial charge in [-0.3, -0.25) is 4.79 Å². The van der Waals surface area contributed by atoms with Crippen molar-refractivity contribution in [2.45, 2.75) is 18.4 Å². The van der Waals surface area contributed by atoms with Gasteiger partial charge in [0.2, 0.25) is 5.91 Å². The van der Waals surface area contributed by atoms with Crippen LogP contribution < -0.4 is 0 Å². The average Bonchev–Trinajstić information content (AvgIpc) is 3.21. The summed E-state index contributed by atoms with van der Waals surface area (Å²) in [5.74, 6) is 0.0534. The number of carbonyl (C=O) groups excluding carboxylic acids is 1. The fourth-order valence-corrected chi connectivity index (χ4v) is 3.00. The van der Waals surface area contributed by atoms with Crippen LogP contribution in [-0.4, -0.2) is 49.3 Å². The van der Waals surface area contributed by atoms with Crippen molar-refractivity contribution in [1.82, 2.24) is 4.90 Å². The highest BCUT2D eigenvalue weighted by Crippen LogP contribution is 2.51. The van der Waals surface area contributed by atoms with E-state index in [1.165, 1.54) is 7.11 Å². The Labute approximate surface area is 134 Å². The van der Waals surface area contributed by atoms with E-state index in [0.29, 0.717) is 10.0 Å². The van der Waals surface area contributed by atoms with Crippen LogP contribution in [0.3, 0.4) is 0 Å². The Balaban J connectivity index is 1.96. The number of nitrogens with zero attached hydrogens (tertiary/aromatic N) is 1. The molecule has 1 N–H and O–H groups in total. The minimum Gasteiger partial charge on any atom is -0.389 e. The van der Waals surface area contributed by atoms with Crippen LogP contribution >= 0.6 is 23.2 Å². The van der Waals surface area contributed by atoms with Crippen molar-refractivity contribution in [3.8, 4) is 0 Å². The number of hydrogen-bond donors (Lipinski definition) is 1. The number of ether oxygens (including phenoxy) is 1. The highest BCUT2D eigenvalue weighted by atomic mass is 35.5. The molecule has 4 nitrogen and oxygen atoms in total. The van der Waals surface area contributed by atoms with Crippen molar-refractivity contribution < 1.29 is 14.6 Å². The fraction of sp³-hybridized carbons (Fsp3) is 0.533. The number of rotatable bonds is 6. The van der Waals surface area contributed by atoms with Crippen molar-refractivity contribution in [2.75, 3.05) is 27.3 Å². The van der Waals surface area contributed by atoms with E-state index in [-0.39, 0.29) is 30.9 Å². The molecule has 0 spiro atoms. The van der Waals surface area contributed by atoms with E-state index in [2.05, 4.69) is 0 Å². The maximum atomic E-state index is 12.3. The zero-order valence-corrected chi connectivity index (χ0v) is 13.6. The molecule has 0 aromatic heterocycles. The summed E-state index contributed by atoms with van der Waals surface area (Å²) in [6.45, 7) is 0.477. The summed E-state index contributed by atoms with van der Waals surface area (Å²) in [5, 5.41) is 10.7. The number of carbonyl (C=O) groups is 1. The third kappa shape index (κ3) is 3.89. The van der Waals surface area contributed by atoms with Gasteiger partial charge in [-0.2, -0.15) is 0 Å². The molecule has 1 aromatic rings. The lowest BCUT2D eigenvalue weighted by Crippen LogP contribution is -2.37. The minimum absolute atomic E-state index is 0.0196. The van der Waals surface area contributed by atoms with E-state index >= 15 is 0 Å². The van der Waals surface area contributed by atoms with Crippen molar-refractivity contribution >= 4 is 29.1 Å². The average molecular weight is 332 g/mol. The standard InChI is InChI=1S/C15H19Cl2NO3/c1-18(7-9(19)8-21-2)15(20)12-6-11(12)10-4-3-5-13(16)14(10)17/h3-5,9,11-12,19H,6-8H2,1-2H3. The Morgan fingerprint density at radius 1 is 1.52 bits per heavy atom. The first-order valence-electron chi connectivity index (χ1n) is 6.81. The van der Waals surface area contributed by atoms with Gasteiger partial charge in [0.15, 0.2) is 0 Å². The molecular formula is C15H19Cl2NO3. The van der Waals surface area contributed by atoms with Gasteiger partial charge < -0.3 is 14.7 Å². The number of halogens is 2. The van der Waals surface area contributed by atoms with Crippen molar-refractivity contribution in [1.29, 1.82) is 0 Å². The summed E-state index contributed by atoms with van der Waals surface area (Å²) < 4.78 is 4.86. The zero-order chi connectivity index (χ0) is 15.6. The number of hydrogen-bond acceptors (Lipinski definition) is 3. The number of likely N-dealkylation sites (N-methyl/N-ethyl adjacent to an activating group) is 1. The van der Waals surface area contributed by atoms with E-state index in [0.717, 1.165) is 12.0 Å². The minimum atomic E-state index is -0.670. The number of aliphatic hydroxyl groups is 1. The van der Waals surface area contributed by atoms with Gasteiger partial charge in [0.1, 0.15) is 0 Å². The van der Waals surface area contributed by atoms with E-state index in [9.17, 15) is 9.90 Å². The molecule has 21 heavy (non-hydrogen) atoms. The molecule has 3 atom stereocenters. The van der Waals surface area contributed by atoms with Gasteiger partial charge in [0.25, 0.3) is 0 Å². The third-order valence-electron chi connectivity index (χ3n) is 3.71. The second-order valence-electron chi connectivity index (χ2n) is 5.42. The quantitative estimate of drug-likeness (QED) is 0.871. The molecular weight excluding hydrogens is 313 g/mol. The molecule has 1 aliphatic rings. The Bertz CT molecular complexity index is 524. The smallest absolute Gasteiger partial charge is 0.226 e. The summed E-state index contributed by atoms with van der Waals surface area (Å²) in [6, 6.07) is 5.49. The van der Waals surface area contributed by atoms with Crippen LogP contribution in [0.15, 0.2) is 18.2 Å². The van der Waals surface area contributed by atoms with E-state index < -0.39 is 6.10 Å². The summed E-state index contributed by atoms with van der Waals surface area (Å²) >= 11 is 12.2. The van der Waals surface area contributed by atoms with Crippen LogP contribution in [0.25, 0.3) is 0 Å². The molecule has 116 valence electrons. The lowest BCUT2D eigenvalue weighted by atomic mass is 10.1. The predicted octanol–water partition coefficient (Wildman–Crippen LogP) is 2.56. The monoisotopic (exact) mass is 331 g/mol. The maximum absolute atomic E-state index is 12.3. The Morgan fingerprint density at radius 3 is 2.90 bits per heavy atom. The molecule has 1 aromatic carbocycles. The zero-order valence-electron chi connectivity index (χ0n) is 12.1. The molecule has 1 fully saturated rings. The normalized spacial score (nSPS) is 22.0. The second-order valence-corrected chi connectivity index (χ2v) is 6.20. The predicted molar refractivity (Wildman–Crippen MR) is 82.8 cm³/mol. The molecule has 0 saturated heterocycles. The molecule has 1 amide bonds. The number of methoxy groups -OCH3 is 1. The van der Waals surface area contributed by atoms with Crippen LogP contribution in [0.4, 0.5) is 0 Å². The highest BCUT2D eigenvalue weighted by Gasteiger charge is 2.46. The second kappa shape index (κ2) is 6.97.